The summed E-state index contributed by atoms with van der Waals surface area (Å²) in [5.74, 6) is 1.57. The fraction of sp³-hybridized carbons (Fsp3) is 0.667. The number of carbonyl (C=O) groups is 1. The van der Waals surface area contributed by atoms with Crippen molar-refractivity contribution in [1.82, 2.24) is 4.98 Å². The minimum absolute atomic E-state index is 0.0959. The highest BCUT2D eigenvalue weighted by atomic mass is 16.5. The number of pyridine rings is 1. The maximum absolute atomic E-state index is 12.4. The first-order chi connectivity index (χ1) is 9.91. The summed E-state index contributed by atoms with van der Waals surface area (Å²) >= 11 is 0. The van der Waals surface area contributed by atoms with Crippen molar-refractivity contribution in [1.29, 1.82) is 0 Å². The summed E-state index contributed by atoms with van der Waals surface area (Å²) in [5, 5.41) is 0. The van der Waals surface area contributed by atoms with E-state index in [-0.39, 0.29) is 18.0 Å². The molecule has 114 valence electrons. The third-order valence-electron chi connectivity index (χ3n) is 6.11. The van der Waals surface area contributed by atoms with E-state index in [2.05, 4.69) is 25.8 Å². The Morgan fingerprint density at radius 2 is 2.00 bits per heavy atom. The molecule has 0 radical (unpaired) electrons. The van der Waals surface area contributed by atoms with Crippen LogP contribution in [0.3, 0.4) is 0 Å². The smallest absolute Gasteiger partial charge is 0.313 e. The standard InChI is InChI=1S/C18H25NO2/c1-11(13-5-7-19-8-6-13)17(20)21-16-10-14-9-15(12(16)2)18(14,3)4/h5-8,11-12,14-16H,9-10H2,1-4H3/t11?,12-,14+,15-,16-/m0/s1. The predicted octanol–water partition coefficient (Wildman–Crippen LogP) is 3.80. The van der Waals surface area contributed by atoms with Gasteiger partial charge in [-0.1, -0.05) is 20.8 Å². The molecule has 0 N–H and O–H groups in total. The summed E-state index contributed by atoms with van der Waals surface area (Å²) in [6, 6.07) is 3.77. The van der Waals surface area contributed by atoms with Gasteiger partial charge in [0, 0.05) is 12.4 Å². The normalized spacial score (nSPS) is 34.7. The molecule has 1 heterocycles. The molecule has 0 aromatic carbocycles. The lowest BCUT2D eigenvalue weighted by Crippen LogP contribution is -2.57. The Hall–Kier alpha value is -1.38. The van der Waals surface area contributed by atoms with Gasteiger partial charge in [0.15, 0.2) is 0 Å². The molecule has 5 atom stereocenters. The van der Waals surface area contributed by atoms with E-state index < -0.39 is 0 Å². The van der Waals surface area contributed by atoms with E-state index in [9.17, 15) is 4.79 Å². The zero-order valence-corrected chi connectivity index (χ0v) is 13.4. The van der Waals surface area contributed by atoms with Crippen LogP contribution < -0.4 is 0 Å². The monoisotopic (exact) mass is 287 g/mol. The highest BCUT2D eigenvalue weighted by Gasteiger charge is 2.57. The van der Waals surface area contributed by atoms with Gasteiger partial charge in [-0.3, -0.25) is 9.78 Å². The largest absolute Gasteiger partial charge is 0.462 e. The van der Waals surface area contributed by atoms with Gasteiger partial charge in [-0.15, -0.1) is 0 Å². The van der Waals surface area contributed by atoms with Crippen LogP contribution in [-0.2, 0) is 9.53 Å². The number of nitrogens with zero attached hydrogens (tertiary/aromatic N) is 1. The fourth-order valence-electron chi connectivity index (χ4n) is 4.30. The van der Waals surface area contributed by atoms with Crippen LogP contribution in [0, 0.1) is 23.2 Å². The van der Waals surface area contributed by atoms with Crippen LogP contribution in [0.4, 0.5) is 0 Å². The summed E-state index contributed by atoms with van der Waals surface area (Å²) < 4.78 is 5.85. The lowest BCUT2D eigenvalue weighted by molar-refractivity contribution is -0.187. The van der Waals surface area contributed by atoms with Gasteiger partial charge in [-0.25, -0.2) is 0 Å². The molecule has 3 aliphatic carbocycles. The Bertz CT molecular complexity index is 525. The van der Waals surface area contributed by atoms with Crippen molar-refractivity contribution in [2.45, 2.75) is 52.6 Å². The maximum Gasteiger partial charge on any atom is 0.313 e. The summed E-state index contributed by atoms with van der Waals surface area (Å²) in [7, 11) is 0. The van der Waals surface area contributed by atoms with Crippen molar-refractivity contribution in [3.8, 4) is 0 Å². The van der Waals surface area contributed by atoms with Crippen LogP contribution in [0.25, 0.3) is 0 Å². The van der Waals surface area contributed by atoms with Crippen molar-refractivity contribution in [2.75, 3.05) is 0 Å². The number of carbonyl (C=O) groups excluding carboxylic acids is 1. The van der Waals surface area contributed by atoms with Gasteiger partial charge < -0.3 is 4.74 Å². The Kier molecular flexibility index (Phi) is 3.54. The van der Waals surface area contributed by atoms with Gasteiger partial charge in [-0.05, 0) is 60.6 Å². The number of ether oxygens (including phenoxy) is 1. The number of aromatic nitrogens is 1. The Morgan fingerprint density at radius 3 is 2.57 bits per heavy atom. The van der Waals surface area contributed by atoms with Crippen LogP contribution in [0.1, 0.15) is 52.0 Å². The van der Waals surface area contributed by atoms with Crippen LogP contribution in [0.2, 0.25) is 0 Å². The average Bonchev–Trinajstić information content (AvgIpc) is 2.48. The molecule has 0 amide bonds. The molecule has 0 aliphatic heterocycles. The van der Waals surface area contributed by atoms with Gasteiger partial charge in [0.25, 0.3) is 0 Å². The molecule has 3 aliphatic rings. The van der Waals surface area contributed by atoms with Gasteiger partial charge >= 0.3 is 5.97 Å². The summed E-state index contributed by atoms with van der Waals surface area (Å²) in [4.78, 5) is 16.4. The van der Waals surface area contributed by atoms with E-state index in [0.29, 0.717) is 23.2 Å². The van der Waals surface area contributed by atoms with Crippen molar-refractivity contribution in [2.24, 2.45) is 23.2 Å². The topological polar surface area (TPSA) is 39.2 Å². The summed E-state index contributed by atoms with van der Waals surface area (Å²) in [6.45, 7) is 8.88. The van der Waals surface area contributed by atoms with Crippen LogP contribution in [0.15, 0.2) is 24.5 Å². The molecule has 4 rings (SSSR count). The van der Waals surface area contributed by atoms with Crippen molar-refractivity contribution in [3.05, 3.63) is 30.1 Å². The molecular formula is C18H25NO2. The molecule has 0 saturated heterocycles. The lowest BCUT2D eigenvalue weighted by atomic mass is 9.45. The molecule has 2 bridgehead atoms. The minimum Gasteiger partial charge on any atom is -0.462 e. The molecule has 1 unspecified atom stereocenters. The molecule has 3 heteroatoms. The highest BCUT2D eigenvalue weighted by Crippen LogP contribution is 2.61. The fourth-order valence-corrected chi connectivity index (χ4v) is 4.30. The second-order valence-electron chi connectivity index (χ2n) is 7.43. The first-order valence-corrected chi connectivity index (χ1v) is 8.01. The molecule has 1 aromatic rings. The zero-order chi connectivity index (χ0) is 15.2. The van der Waals surface area contributed by atoms with Gasteiger partial charge in [0.1, 0.15) is 6.10 Å². The molecule has 3 nitrogen and oxygen atoms in total. The second kappa shape index (κ2) is 5.11. The van der Waals surface area contributed by atoms with E-state index in [0.717, 1.165) is 12.0 Å². The Morgan fingerprint density at radius 1 is 1.33 bits per heavy atom. The molecule has 3 fully saturated rings. The van der Waals surface area contributed by atoms with Crippen molar-refractivity contribution < 1.29 is 9.53 Å². The first kappa shape index (κ1) is 14.6. The molecule has 21 heavy (non-hydrogen) atoms. The quantitative estimate of drug-likeness (QED) is 0.794. The SMILES string of the molecule is CC(C(=O)O[C@H]1C[C@H]2C[C@@H]([C@@H]1C)C2(C)C)c1ccncc1. The second-order valence-corrected chi connectivity index (χ2v) is 7.43. The number of esters is 1. The Labute approximate surface area is 127 Å². The molecule has 0 spiro atoms. The van der Waals surface area contributed by atoms with Crippen LogP contribution in [0.5, 0.6) is 0 Å². The number of hydrogen-bond donors (Lipinski definition) is 0. The highest BCUT2D eigenvalue weighted by molar-refractivity contribution is 5.77. The summed E-state index contributed by atoms with van der Waals surface area (Å²) in [5.41, 5.74) is 1.41. The average molecular weight is 287 g/mol. The van der Waals surface area contributed by atoms with E-state index in [4.69, 9.17) is 4.74 Å². The molecule has 3 saturated carbocycles. The van der Waals surface area contributed by atoms with Crippen LogP contribution in [-0.4, -0.2) is 17.1 Å². The van der Waals surface area contributed by atoms with Crippen molar-refractivity contribution in [3.63, 3.8) is 0 Å². The maximum atomic E-state index is 12.4. The van der Waals surface area contributed by atoms with Gasteiger partial charge in [0.05, 0.1) is 5.92 Å². The minimum atomic E-state index is -0.216. The van der Waals surface area contributed by atoms with E-state index in [1.165, 1.54) is 6.42 Å². The molecular weight excluding hydrogens is 262 g/mol. The van der Waals surface area contributed by atoms with E-state index in [1.807, 2.05) is 19.1 Å². The number of rotatable bonds is 3. The van der Waals surface area contributed by atoms with Gasteiger partial charge in [-0.2, -0.15) is 0 Å². The van der Waals surface area contributed by atoms with Crippen molar-refractivity contribution >= 4 is 5.97 Å². The van der Waals surface area contributed by atoms with E-state index >= 15 is 0 Å². The van der Waals surface area contributed by atoms with E-state index in [1.54, 1.807) is 12.4 Å². The first-order valence-electron chi connectivity index (χ1n) is 8.01. The Balaban J connectivity index is 1.64. The molecule has 1 aromatic heterocycles. The summed E-state index contributed by atoms with van der Waals surface area (Å²) in [6.07, 6.45) is 5.88. The van der Waals surface area contributed by atoms with Crippen LogP contribution >= 0.6 is 0 Å². The third-order valence-corrected chi connectivity index (χ3v) is 6.11. The number of fused-ring (bicyclic) bond motifs is 2. The lowest BCUT2D eigenvalue weighted by Gasteiger charge is -2.61. The number of hydrogen-bond acceptors (Lipinski definition) is 3. The third kappa shape index (κ3) is 2.37. The zero-order valence-electron chi connectivity index (χ0n) is 13.4. The van der Waals surface area contributed by atoms with Gasteiger partial charge in [0.2, 0.25) is 0 Å². The predicted molar refractivity (Wildman–Crippen MR) is 81.7 cm³/mol.